The minimum absolute atomic E-state index is 0.205. The molecule has 0 aliphatic carbocycles. The van der Waals surface area contributed by atoms with Crippen molar-refractivity contribution in [1.82, 2.24) is 9.97 Å². The second-order valence-electron chi connectivity index (χ2n) is 7.03. The van der Waals surface area contributed by atoms with Gasteiger partial charge in [-0.1, -0.05) is 13.0 Å². The molecule has 2 aromatic rings. The largest absolute Gasteiger partial charge is 0.494 e. The molecule has 3 rings (SSSR count). The molecule has 1 aliphatic heterocycles. The zero-order valence-electron chi connectivity index (χ0n) is 15.0. The maximum absolute atomic E-state index is 11.0. The Morgan fingerprint density at radius 2 is 2.15 bits per heavy atom. The van der Waals surface area contributed by atoms with Crippen molar-refractivity contribution in [3.8, 4) is 5.75 Å². The van der Waals surface area contributed by atoms with E-state index in [9.17, 15) is 4.57 Å². The number of aromatic nitrogens is 2. The van der Waals surface area contributed by atoms with Crippen molar-refractivity contribution in [2.24, 2.45) is 5.41 Å². The van der Waals surface area contributed by atoms with Gasteiger partial charge in [-0.25, -0.2) is 9.97 Å². The van der Waals surface area contributed by atoms with E-state index in [1.54, 1.807) is 7.11 Å². The third-order valence-electron chi connectivity index (χ3n) is 4.62. The number of nitrogens with zero attached hydrogens (tertiary/aromatic N) is 3. The van der Waals surface area contributed by atoms with Gasteiger partial charge in [0.25, 0.3) is 0 Å². The lowest BCUT2D eigenvalue weighted by Gasteiger charge is -2.41. The van der Waals surface area contributed by atoms with Gasteiger partial charge in [-0.05, 0) is 25.0 Å². The molecule has 2 heterocycles. The average molecular weight is 381 g/mol. The molecule has 8 nitrogen and oxygen atoms in total. The van der Waals surface area contributed by atoms with E-state index in [0.29, 0.717) is 18.9 Å². The Balaban J connectivity index is 1.81. The molecular formula is C17H24N3O5P. The van der Waals surface area contributed by atoms with Crippen LogP contribution in [0.5, 0.6) is 5.75 Å². The molecule has 1 fully saturated rings. The van der Waals surface area contributed by atoms with Crippen molar-refractivity contribution in [1.29, 1.82) is 0 Å². The fourth-order valence-electron chi connectivity index (χ4n) is 3.49. The van der Waals surface area contributed by atoms with Crippen LogP contribution in [0.25, 0.3) is 10.9 Å². The van der Waals surface area contributed by atoms with E-state index >= 15 is 0 Å². The number of fused-ring (bicyclic) bond motifs is 1. The van der Waals surface area contributed by atoms with E-state index < -0.39 is 13.9 Å². The van der Waals surface area contributed by atoms with Gasteiger partial charge >= 0.3 is 7.60 Å². The molecule has 1 saturated heterocycles. The van der Waals surface area contributed by atoms with Gasteiger partial charge in [-0.2, -0.15) is 0 Å². The maximum Gasteiger partial charge on any atom is 0.350 e. The number of piperidine rings is 1. The lowest BCUT2D eigenvalue weighted by atomic mass is 9.82. The molecule has 0 spiro atoms. The Morgan fingerprint density at radius 1 is 1.35 bits per heavy atom. The van der Waals surface area contributed by atoms with Gasteiger partial charge in [0.05, 0.1) is 13.7 Å². The first kappa shape index (κ1) is 19.0. The zero-order valence-corrected chi connectivity index (χ0v) is 15.9. The van der Waals surface area contributed by atoms with Crippen molar-refractivity contribution in [2.75, 3.05) is 38.1 Å². The summed E-state index contributed by atoms with van der Waals surface area (Å²) in [6.07, 6.45) is 2.87. The van der Waals surface area contributed by atoms with E-state index in [0.717, 1.165) is 36.1 Å². The van der Waals surface area contributed by atoms with Crippen molar-refractivity contribution in [3.05, 3.63) is 24.5 Å². The monoisotopic (exact) mass is 381 g/mol. The van der Waals surface area contributed by atoms with Crippen molar-refractivity contribution >= 4 is 24.3 Å². The molecule has 26 heavy (non-hydrogen) atoms. The molecular weight excluding hydrogens is 357 g/mol. The SMILES string of the molecule is COc1cccc2c(N3CCCC(C)(COCP(=O)(O)O)C3)ncnc12. The molecule has 1 unspecified atom stereocenters. The number of hydrogen-bond acceptors (Lipinski definition) is 6. The molecule has 142 valence electrons. The normalized spacial score (nSPS) is 21.2. The lowest BCUT2D eigenvalue weighted by Crippen LogP contribution is -2.44. The van der Waals surface area contributed by atoms with E-state index in [2.05, 4.69) is 21.8 Å². The van der Waals surface area contributed by atoms with Crippen LogP contribution >= 0.6 is 7.60 Å². The highest BCUT2D eigenvalue weighted by molar-refractivity contribution is 7.51. The summed E-state index contributed by atoms with van der Waals surface area (Å²) >= 11 is 0. The second kappa shape index (κ2) is 7.48. The summed E-state index contributed by atoms with van der Waals surface area (Å²) in [7, 11) is -2.53. The average Bonchev–Trinajstić information content (AvgIpc) is 2.59. The number of para-hydroxylation sites is 1. The molecule has 9 heteroatoms. The summed E-state index contributed by atoms with van der Waals surface area (Å²) in [5, 5.41) is 0.923. The van der Waals surface area contributed by atoms with Crippen LogP contribution in [-0.2, 0) is 9.30 Å². The summed E-state index contributed by atoms with van der Waals surface area (Å²) in [5.41, 5.74) is 0.564. The van der Waals surface area contributed by atoms with Crippen molar-refractivity contribution in [2.45, 2.75) is 19.8 Å². The third-order valence-corrected chi connectivity index (χ3v) is 5.14. The molecule has 0 amide bonds. The quantitative estimate of drug-likeness (QED) is 0.735. The topological polar surface area (TPSA) is 105 Å². The van der Waals surface area contributed by atoms with E-state index in [1.165, 1.54) is 6.33 Å². The second-order valence-corrected chi connectivity index (χ2v) is 8.62. The van der Waals surface area contributed by atoms with Crippen molar-refractivity contribution in [3.63, 3.8) is 0 Å². The predicted octanol–water partition coefficient (Wildman–Crippen LogP) is 2.40. The first-order valence-electron chi connectivity index (χ1n) is 8.46. The number of ether oxygens (including phenoxy) is 2. The van der Waals surface area contributed by atoms with Gasteiger partial charge in [0.1, 0.15) is 29.8 Å². The Labute approximate surface area is 152 Å². The van der Waals surface area contributed by atoms with E-state index in [1.807, 2.05) is 18.2 Å². The zero-order chi connectivity index (χ0) is 18.8. The van der Waals surface area contributed by atoms with Crippen LogP contribution in [0.3, 0.4) is 0 Å². The Kier molecular flexibility index (Phi) is 5.48. The number of benzene rings is 1. The molecule has 1 aromatic heterocycles. The summed E-state index contributed by atoms with van der Waals surface area (Å²) in [6, 6.07) is 5.76. The summed E-state index contributed by atoms with van der Waals surface area (Å²) in [5.74, 6) is 1.55. The van der Waals surface area contributed by atoms with Crippen LogP contribution in [0.2, 0.25) is 0 Å². The van der Waals surface area contributed by atoms with Gasteiger partial charge < -0.3 is 24.2 Å². The van der Waals surface area contributed by atoms with Crippen LogP contribution in [0.1, 0.15) is 19.8 Å². The third kappa shape index (κ3) is 4.32. The summed E-state index contributed by atoms with van der Waals surface area (Å²) in [4.78, 5) is 29.0. The highest BCUT2D eigenvalue weighted by Gasteiger charge is 2.33. The summed E-state index contributed by atoms with van der Waals surface area (Å²) < 4.78 is 21.7. The van der Waals surface area contributed by atoms with Gasteiger partial charge in [-0.3, -0.25) is 4.57 Å². The Morgan fingerprint density at radius 3 is 2.88 bits per heavy atom. The molecule has 1 atom stereocenters. The molecule has 0 radical (unpaired) electrons. The fourth-order valence-corrected chi connectivity index (χ4v) is 3.82. The van der Waals surface area contributed by atoms with Crippen LogP contribution in [0.15, 0.2) is 24.5 Å². The van der Waals surface area contributed by atoms with Crippen LogP contribution < -0.4 is 9.64 Å². The van der Waals surface area contributed by atoms with E-state index in [-0.39, 0.29) is 5.41 Å². The van der Waals surface area contributed by atoms with Gasteiger partial charge in [0.15, 0.2) is 0 Å². The Hall–Kier alpha value is -1.73. The van der Waals surface area contributed by atoms with Gasteiger partial charge in [0.2, 0.25) is 0 Å². The van der Waals surface area contributed by atoms with E-state index in [4.69, 9.17) is 19.3 Å². The van der Waals surface area contributed by atoms with Crippen LogP contribution in [0.4, 0.5) is 5.82 Å². The van der Waals surface area contributed by atoms with Crippen LogP contribution in [-0.4, -0.2) is 52.9 Å². The van der Waals surface area contributed by atoms with Gasteiger partial charge in [-0.15, -0.1) is 0 Å². The molecule has 0 saturated carbocycles. The molecule has 2 N–H and O–H groups in total. The van der Waals surface area contributed by atoms with Crippen molar-refractivity contribution < 1.29 is 23.8 Å². The summed E-state index contributed by atoms with van der Waals surface area (Å²) in [6.45, 7) is 3.92. The number of rotatable bonds is 6. The number of anilines is 1. The fraction of sp³-hybridized carbons (Fsp3) is 0.529. The molecule has 0 bridgehead atoms. The lowest BCUT2D eigenvalue weighted by molar-refractivity contribution is 0.0610. The highest BCUT2D eigenvalue weighted by atomic mass is 31.2. The first-order chi connectivity index (χ1) is 12.3. The van der Waals surface area contributed by atoms with Crippen LogP contribution in [0, 0.1) is 5.41 Å². The minimum atomic E-state index is -4.15. The minimum Gasteiger partial charge on any atom is -0.494 e. The number of methoxy groups -OCH3 is 1. The number of hydrogen-bond donors (Lipinski definition) is 2. The first-order valence-corrected chi connectivity index (χ1v) is 10.3. The Bertz CT molecular complexity index is 827. The molecule has 1 aliphatic rings. The molecule has 1 aromatic carbocycles. The van der Waals surface area contributed by atoms with Gasteiger partial charge in [0, 0.05) is 23.9 Å². The standard InChI is InChI=1S/C17H24N3O5P/c1-17(10-25-12-26(21,22)23)7-4-8-20(9-17)16-13-5-3-6-14(24-2)15(13)18-11-19-16/h3,5-6,11H,4,7-10,12H2,1-2H3,(H2,21,22,23). The smallest absolute Gasteiger partial charge is 0.350 e. The predicted molar refractivity (Wildman–Crippen MR) is 98.5 cm³/mol. The highest BCUT2D eigenvalue weighted by Crippen LogP contribution is 2.38. The maximum atomic E-state index is 11.0.